The fourth-order valence-corrected chi connectivity index (χ4v) is 6.06. The molecule has 1 unspecified atom stereocenters. The van der Waals surface area contributed by atoms with E-state index in [-0.39, 0.29) is 28.6 Å². The molecule has 5 nitrogen and oxygen atoms in total. The standard InChI is InChI=1S/C16H24O5/c1-9-11(17)5-16-13(3)8-20-15(19-4,10(13)2)7-14(9,16)6-12(18)21-16/h9-11,17H,5-8H2,1-4H3/t9-,10+,11-,13-,14+,15?,16-/m1/s1. The van der Waals surface area contributed by atoms with Crippen LogP contribution in [0.25, 0.3) is 0 Å². The van der Waals surface area contributed by atoms with Crippen LogP contribution >= 0.6 is 0 Å². The number of hydrogen-bond donors (Lipinski definition) is 1. The molecule has 0 aromatic heterocycles. The second kappa shape index (κ2) is 3.63. The predicted octanol–water partition coefficient (Wildman–Crippen LogP) is 1.48. The normalized spacial score (nSPS) is 61.6. The SMILES string of the molecule is COC12C[C@]34CC(=O)O[C@]3(C[C@@H](O)[C@H]4C)[C@](C)(CO1)[C@@H]2C. The van der Waals surface area contributed by atoms with Crippen LogP contribution in [0.1, 0.15) is 40.0 Å². The first-order chi connectivity index (χ1) is 9.77. The van der Waals surface area contributed by atoms with E-state index in [0.29, 0.717) is 25.9 Å². The average molecular weight is 296 g/mol. The van der Waals surface area contributed by atoms with Gasteiger partial charge in [0, 0.05) is 36.7 Å². The van der Waals surface area contributed by atoms with E-state index in [2.05, 4.69) is 13.8 Å². The van der Waals surface area contributed by atoms with Gasteiger partial charge in [0.2, 0.25) is 0 Å². The number of fused-ring (bicyclic) bond motifs is 2. The fourth-order valence-electron chi connectivity index (χ4n) is 6.06. The van der Waals surface area contributed by atoms with Crippen LogP contribution in [0.5, 0.6) is 0 Å². The molecule has 0 aromatic rings. The van der Waals surface area contributed by atoms with Crippen molar-refractivity contribution in [1.82, 2.24) is 0 Å². The average Bonchev–Trinajstić information content (AvgIpc) is 2.92. The molecular formula is C16H24O5. The summed E-state index contributed by atoms with van der Waals surface area (Å²) >= 11 is 0. The Kier molecular flexibility index (Phi) is 2.42. The van der Waals surface area contributed by atoms with E-state index in [1.165, 1.54) is 0 Å². The third kappa shape index (κ3) is 1.18. The van der Waals surface area contributed by atoms with Crippen LogP contribution in [0.15, 0.2) is 0 Å². The zero-order valence-corrected chi connectivity index (χ0v) is 13.1. The zero-order valence-electron chi connectivity index (χ0n) is 13.1. The molecular weight excluding hydrogens is 272 g/mol. The van der Waals surface area contributed by atoms with Crippen LogP contribution in [0.4, 0.5) is 0 Å². The van der Waals surface area contributed by atoms with Crippen molar-refractivity contribution in [3.8, 4) is 0 Å². The van der Waals surface area contributed by atoms with Gasteiger partial charge in [0.15, 0.2) is 5.79 Å². The molecule has 0 aromatic carbocycles. The van der Waals surface area contributed by atoms with Crippen LogP contribution < -0.4 is 0 Å². The Bertz CT molecular complexity index is 521. The van der Waals surface area contributed by atoms with Crippen molar-refractivity contribution in [3.63, 3.8) is 0 Å². The molecule has 2 bridgehead atoms. The highest BCUT2D eigenvalue weighted by molar-refractivity contribution is 5.75. The molecule has 2 heterocycles. The number of methoxy groups -OCH3 is 1. The lowest BCUT2D eigenvalue weighted by atomic mass is 9.48. The molecule has 4 rings (SSSR count). The van der Waals surface area contributed by atoms with Crippen LogP contribution in [0.3, 0.4) is 0 Å². The van der Waals surface area contributed by atoms with E-state index < -0.39 is 17.5 Å². The summed E-state index contributed by atoms with van der Waals surface area (Å²) in [6, 6.07) is 0. The van der Waals surface area contributed by atoms with E-state index in [4.69, 9.17) is 14.2 Å². The largest absolute Gasteiger partial charge is 0.458 e. The molecule has 21 heavy (non-hydrogen) atoms. The van der Waals surface area contributed by atoms with E-state index in [1.807, 2.05) is 6.92 Å². The summed E-state index contributed by atoms with van der Waals surface area (Å²) < 4.78 is 17.9. The first-order valence-electron chi connectivity index (χ1n) is 7.86. The van der Waals surface area contributed by atoms with Gasteiger partial charge in [0.25, 0.3) is 0 Å². The van der Waals surface area contributed by atoms with Crippen molar-refractivity contribution < 1.29 is 24.1 Å². The van der Waals surface area contributed by atoms with Gasteiger partial charge in [0.1, 0.15) is 5.60 Å². The van der Waals surface area contributed by atoms with Crippen LogP contribution in [-0.2, 0) is 19.0 Å². The van der Waals surface area contributed by atoms with Crippen molar-refractivity contribution in [1.29, 1.82) is 0 Å². The summed E-state index contributed by atoms with van der Waals surface area (Å²) in [5.41, 5.74) is -1.32. The Morgan fingerprint density at radius 2 is 2.10 bits per heavy atom. The van der Waals surface area contributed by atoms with Gasteiger partial charge in [-0.1, -0.05) is 20.8 Å². The second-order valence-electron chi connectivity index (χ2n) is 7.81. The maximum atomic E-state index is 12.2. The molecule has 7 atom stereocenters. The maximum Gasteiger partial charge on any atom is 0.307 e. The Morgan fingerprint density at radius 3 is 2.76 bits per heavy atom. The van der Waals surface area contributed by atoms with Crippen molar-refractivity contribution >= 4 is 5.97 Å². The minimum atomic E-state index is -0.662. The zero-order chi connectivity index (χ0) is 15.3. The number of hydrogen-bond acceptors (Lipinski definition) is 5. The van der Waals surface area contributed by atoms with Crippen LogP contribution in [-0.4, -0.2) is 42.3 Å². The lowest BCUT2D eigenvalue weighted by molar-refractivity contribution is -0.270. The third-order valence-electron chi connectivity index (χ3n) is 7.56. The number of carbonyl (C=O) groups excluding carboxylic acids is 1. The smallest absolute Gasteiger partial charge is 0.307 e. The Hall–Kier alpha value is -0.650. The Balaban J connectivity index is 1.96. The van der Waals surface area contributed by atoms with Gasteiger partial charge in [-0.15, -0.1) is 0 Å². The second-order valence-corrected chi connectivity index (χ2v) is 7.81. The van der Waals surface area contributed by atoms with E-state index >= 15 is 0 Å². The number of aliphatic hydroxyl groups excluding tert-OH is 1. The summed E-state index contributed by atoms with van der Waals surface area (Å²) in [4.78, 5) is 12.2. The van der Waals surface area contributed by atoms with Gasteiger partial charge >= 0.3 is 5.97 Å². The quantitative estimate of drug-likeness (QED) is 0.743. The molecule has 0 amide bonds. The van der Waals surface area contributed by atoms with Crippen molar-refractivity contribution in [2.45, 2.75) is 57.5 Å². The highest BCUT2D eigenvalue weighted by Gasteiger charge is 2.83. The number of esters is 1. The highest BCUT2D eigenvalue weighted by Crippen LogP contribution is 2.76. The molecule has 118 valence electrons. The number of rotatable bonds is 1. The summed E-state index contributed by atoms with van der Waals surface area (Å²) in [5.74, 6) is -0.677. The van der Waals surface area contributed by atoms with Gasteiger partial charge < -0.3 is 19.3 Å². The van der Waals surface area contributed by atoms with E-state index in [1.54, 1.807) is 7.11 Å². The van der Waals surface area contributed by atoms with Crippen molar-refractivity contribution in [2.24, 2.45) is 22.7 Å². The molecule has 2 aliphatic heterocycles. The Labute approximate surface area is 124 Å². The third-order valence-corrected chi connectivity index (χ3v) is 7.56. The molecule has 4 aliphatic rings. The van der Waals surface area contributed by atoms with Gasteiger partial charge in [-0.2, -0.15) is 0 Å². The molecule has 1 N–H and O–H groups in total. The van der Waals surface area contributed by atoms with Gasteiger partial charge in [0.05, 0.1) is 19.1 Å². The number of ether oxygens (including phenoxy) is 3. The highest BCUT2D eigenvalue weighted by atomic mass is 16.7. The molecule has 0 radical (unpaired) electrons. The summed E-state index contributed by atoms with van der Waals surface area (Å²) in [6.07, 6.45) is 1.07. The van der Waals surface area contributed by atoms with Crippen molar-refractivity contribution in [3.05, 3.63) is 0 Å². The molecule has 4 fully saturated rings. The molecule has 5 heteroatoms. The summed E-state index contributed by atoms with van der Waals surface area (Å²) in [6.45, 7) is 6.80. The molecule has 0 spiro atoms. The number of carbonyl (C=O) groups is 1. The molecule has 2 saturated heterocycles. The van der Waals surface area contributed by atoms with Crippen LogP contribution in [0, 0.1) is 22.7 Å². The summed E-state index contributed by atoms with van der Waals surface area (Å²) in [7, 11) is 1.68. The minimum Gasteiger partial charge on any atom is -0.458 e. The molecule has 2 saturated carbocycles. The van der Waals surface area contributed by atoms with Gasteiger partial charge in [-0.05, 0) is 5.92 Å². The van der Waals surface area contributed by atoms with Gasteiger partial charge in [-0.25, -0.2) is 0 Å². The van der Waals surface area contributed by atoms with E-state index in [0.717, 1.165) is 0 Å². The Morgan fingerprint density at radius 1 is 1.38 bits per heavy atom. The van der Waals surface area contributed by atoms with Crippen LogP contribution in [0.2, 0.25) is 0 Å². The lowest BCUT2D eigenvalue weighted by Gasteiger charge is -2.57. The maximum absolute atomic E-state index is 12.2. The first-order valence-corrected chi connectivity index (χ1v) is 7.86. The van der Waals surface area contributed by atoms with E-state index in [9.17, 15) is 9.90 Å². The predicted molar refractivity (Wildman–Crippen MR) is 73.2 cm³/mol. The number of aliphatic hydroxyl groups is 1. The van der Waals surface area contributed by atoms with Crippen molar-refractivity contribution in [2.75, 3.05) is 13.7 Å². The fraction of sp³-hybridized carbons (Fsp3) is 0.938. The topological polar surface area (TPSA) is 65.0 Å². The van der Waals surface area contributed by atoms with Gasteiger partial charge in [-0.3, -0.25) is 4.79 Å². The monoisotopic (exact) mass is 296 g/mol. The first kappa shape index (κ1) is 14.0. The summed E-state index contributed by atoms with van der Waals surface area (Å²) in [5, 5.41) is 10.5. The lowest BCUT2D eigenvalue weighted by Crippen LogP contribution is -2.65. The molecule has 2 aliphatic carbocycles. The minimum absolute atomic E-state index is 0.00648.